The summed E-state index contributed by atoms with van der Waals surface area (Å²) >= 11 is 0. The van der Waals surface area contributed by atoms with Gasteiger partial charge in [0.1, 0.15) is 11.0 Å². The van der Waals surface area contributed by atoms with Crippen molar-refractivity contribution < 1.29 is 13.5 Å². The molecule has 2 rings (SSSR count). The summed E-state index contributed by atoms with van der Waals surface area (Å²) in [6.45, 7) is 3.41. The van der Waals surface area contributed by atoms with Crippen LogP contribution in [0.2, 0.25) is 0 Å². The van der Waals surface area contributed by atoms with Crippen molar-refractivity contribution in [2.75, 3.05) is 5.32 Å². The fourth-order valence-corrected chi connectivity index (χ4v) is 2.62. The van der Waals surface area contributed by atoms with E-state index in [-0.39, 0.29) is 11.7 Å². The summed E-state index contributed by atoms with van der Waals surface area (Å²) < 4.78 is 17.0. The van der Waals surface area contributed by atoms with E-state index >= 15 is 0 Å². The molecule has 0 saturated heterocycles. The van der Waals surface area contributed by atoms with E-state index in [0.717, 1.165) is 0 Å². The SMILES string of the molecule is Cc1cc(C[S@](=O)[C@@H](C)C(=O)Nc2ccccc2)no1. The number of nitrogens with one attached hydrogen (secondary N) is 1. The smallest absolute Gasteiger partial charge is 0.239 e. The molecule has 0 saturated carbocycles. The normalized spacial score (nSPS) is 13.7. The van der Waals surface area contributed by atoms with Crippen LogP contribution in [0.3, 0.4) is 0 Å². The van der Waals surface area contributed by atoms with Crippen LogP contribution in [0.5, 0.6) is 0 Å². The zero-order valence-electron chi connectivity index (χ0n) is 11.3. The summed E-state index contributed by atoms with van der Waals surface area (Å²) in [7, 11) is -1.34. The zero-order valence-corrected chi connectivity index (χ0v) is 12.1. The maximum Gasteiger partial charge on any atom is 0.239 e. The Kier molecular flexibility index (Phi) is 4.68. The van der Waals surface area contributed by atoms with Crippen molar-refractivity contribution in [3.05, 3.63) is 47.9 Å². The first kappa shape index (κ1) is 14.5. The number of hydrogen-bond acceptors (Lipinski definition) is 4. The third-order valence-electron chi connectivity index (χ3n) is 2.77. The number of amides is 1. The molecule has 20 heavy (non-hydrogen) atoms. The monoisotopic (exact) mass is 292 g/mol. The molecule has 106 valence electrons. The Morgan fingerprint density at radius 2 is 2.10 bits per heavy atom. The largest absolute Gasteiger partial charge is 0.361 e. The molecule has 0 unspecified atom stereocenters. The van der Waals surface area contributed by atoms with Gasteiger partial charge in [-0.1, -0.05) is 23.4 Å². The van der Waals surface area contributed by atoms with E-state index < -0.39 is 16.0 Å². The summed E-state index contributed by atoms with van der Waals surface area (Å²) in [6.07, 6.45) is 0. The van der Waals surface area contributed by atoms with Gasteiger partial charge in [-0.15, -0.1) is 0 Å². The maximum absolute atomic E-state index is 12.1. The van der Waals surface area contributed by atoms with Gasteiger partial charge >= 0.3 is 0 Å². The van der Waals surface area contributed by atoms with E-state index in [2.05, 4.69) is 10.5 Å². The van der Waals surface area contributed by atoms with Gasteiger partial charge in [-0.25, -0.2) is 0 Å². The van der Waals surface area contributed by atoms with E-state index in [1.165, 1.54) is 0 Å². The van der Waals surface area contributed by atoms with Gasteiger partial charge in [0.25, 0.3) is 0 Å². The molecule has 0 aliphatic rings. The van der Waals surface area contributed by atoms with Gasteiger partial charge in [-0.05, 0) is 26.0 Å². The third kappa shape index (κ3) is 3.77. The van der Waals surface area contributed by atoms with Crippen molar-refractivity contribution in [3.8, 4) is 0 Å². The molecule has 2 atom stereocenters. The van der Waals surface area contributed by atoms with Gasteiger partial charge in [-0.2, -0.15) is 0 Å². The van der Waals surface area contributed by atoms with E-state index in [1.807, 2.05) is 18.2 Å². The Labute approximate surface area is 119 Å². The average Bonchev–Trinajstić information content (AvgIpc) is 2.84. The lowest BCUT2D eigenvalue weighted by Gasteiger charge is -2.11. The van der Waals surface area contributed by atoms with Gasteiger partial charge in [0, 0.05) is 22.6 Å². The van der Waals surface area contributed by atoms with Gasteiger partial charge in [0.05, 0.1) is 11.4 Å². The van der Waals surface area contributed by atoms with Gasteiger partial charge in [0.2, 0.25) is 5.91 Å². The van der Waals surface area contributed by atoms with Crippen LogP contribution < -0.4 is 5.32 Å². The molecule has 1 amide bonds. The highest BCUT2D eigenvalue weighted by Gasteiger charge is 2.21. The van der Waals surface area contributed by atoms with E-state index in [4.69, 9.17) is 4.52 Å². The number of aromatic nitrogens is 1. The van der Waals surface area contributed by atoms with E-state index in [9.17, 15) is 9.00 Å². The first-order chi connectivity index (χ1) is 9.56. The molecule has 0 aliphatic heterocycles. The Hall–Kier alpha value is -1.95. The van der Waals surface area contributed by atoms with Crippen molar-refractivity contribution in [2.24, 2.45) is 0 Å². The van der Waals surface area contributed by atoms with E-state index in [1.54, 1.807) is 32.0 Å². The molecule has 0 spiro atoms. The maximum atomic E-state index is 12.1. The molecule has 5 nitrogen and oxygen atoms in total. The second kappa shape index (κ2) is 6.47. The minimum Gasteiger partial charge on any atom is -0.361 e. The molecular weight excluding hydrogens is 276 g/mol. The van der Waals surface area contributed by atoms with Crippen LogP contribution in [0.4, 0.5) is 5.69 Å². The molecule has 1 heterocycles. The Bertz CT molecular complexity index is 610. The standard InChI is InChI=1S/C14H16N2O3S/c1-10-8-13(16-19-10)9-20(18)11(2)14(17)15-12-6-4-3-5-7-12/h3-8,11H,9H2,1-2H3,(H,15,17)/t11-,20-/m0/s1. The lowest BCUT2D eigenvalue weighted by Crippen LogP contribution is -2.29. The van der Waals surface area contributed by atoms with Crippen LogP contribution in [-0.2, 0) is 21.3 Å². The molecule has 6 heteroatoms. The summed E-state index contributed by atoms with van der Waals surface area (Å²) in [5.41, 5.74) is 1.29. The van der Waals surface area contributed by atoms with Gasteiger partial charge in [0.15, 0.2) is 0 Å². The molecule has 0 aliphatic carbocycles. The fraction of sp³-hybridized carbons (Fsp3) is 0.286. The zero-order chi connectivity index (χ0) is 14.5. The number of carbonyl (C=O) groups is 1. The van der Waals surface area contributed by atoms with Crippen LogP contribution in [-0.4, -0.2) is 20.5 Å². The molecular formula is C14H16N2O3S. The fourth-order valence-electron chi connectivity index (χ4n) is 1.64. The molecule has 1 aromatic carbocycles. The molecule has 0 radical (unpaired) electrons. The molecule has 1 aromatic heterocycles. The van der Waals surface area contributed by atoms with Crippen LogP contribution >= 0.6 is 0 Å². The van der Waals surface area contributed by atoms with Crippen molar-refractivity contribution in [1.29, 1.82) is 0 Å². The summed E-state index contributed by atoms with van der Waals surface area (Å²) in [5, 5.41) is 5.90. The number of nitrogens with zero attached hydrogens (tertiary/aromatic N) is 1. The van der Waals surface area contributed by atoms with Crippen LogP contribution in [0.15, 0.2) is 40.9 Å². The molecule has 0 fully saturated rings. The number of benzene rings is 1. The topological polar surface area (TPSA) is 72.2 Å². The van der Waals surface area contributed by atoms with Crippen LogP contribution in [0.1, 0.15) is 18.4 Å². The van der Waals surface area contributed by atoms with Crippen LogP contribution in [0, 0.1) is 6.92 Å². The summed E-state index contributed by atoms with van der Waals surface area (Å²) in [4.78, 5) is 12.0. The van der Waals surface area contributed by atoms with Crippen molar-refractivity contribution in [2.45, 2.75) is 24.9 Å². The lowest BCUT2D eigenvalue weighted by molar-refractivity contribution is -0.115. The first-order valence-corrected chi connectivity index (χ1v) is 7.60. The third-order valence-corrected chi connectivity index (χ3v) is 4.35. The first-order valence-electron chi connectivity index (χ1n) is 6.21. The summed E-state index contributed by atoms with van der Waals surface area (Å²) in [5.74, 6) is 0.605. The highest BCUT2D eigenvalue weighted by Crippen LogP contribution is 2.11. The van der Waals surface area contributed by atoms with Crippen molar-refractivity contribution >= 4 is 22.4 Å². The van der Waals surface area contributed by atoms with Crippen molar-refractivity contribution in [3.63, 3.8) is 0 Å². The Morgan fingerprint density at radius 3 is 2.70 bits per heavy atom. The average molecular weight is 292 g/mol. The predicted molar refractivity (Wildman–Crippen MR) is 77.6 cm³/mol. The quantitative estimate of drug-likeness (QED) is 0.917. The predicted octanol–water partition coefficient (Wildman–Crippen LogP) is 2.26. The number of para-hydroxylation sites is 1. The van der Waals surface area contributed by atoms with E-state index in [0.29, 0.717) is 17.1 Å². The molecule has 0 bridgehead atoms. The second-order valence-electron chi connectivity index (χ2n) is 4.45. The highest BCUT2D eigenvalue weighted by molar-refractivity contribution is 7.85. The minimum absolute atomic E-state index is 0.209. The second-order valence-corrected chi connectivity index (χ2v) is 6.21. The molecule has 1 N–H and O–H groups in total. The Balaban J connectivity index is 1.94. The highest BCUT2D eigenvalue weighted by atomic mass is 32.2. The lowest BCUT2D eigenvalue weighted by atomic mass is 10.3. The minimum atomic E-state index is -1.34. The number of carbonyl (C=O) groups excluding carboxylic acids is 1. The van der Waals surface area contributed by atoms with Gasteiger partial charge < -0.3 is 9.84 Å². The number of anilines is 1. The number of hydrogen-bond donors (Lipinski definition) is 1. The number of rotatable bonds is 5. The summed E-state index contributed by atoms with van der Waals surface area (Å²) in [6, 6.07) is 10.8. The van der Waals surface area contributed by atoms with Gasteiger partial charge in [-0.3, -0.25) is 9.00 Å². The Morgan fingerprint density at radius 1 is 1.40 bits per heavy atom. The molecule has 2 aromatic rings. The van der Waals surface area contributed by atoms with Crippen LogP contribution in [0.25, 0.3) is 0 Å². The van der Waals surface area contributed by atoms with Crippen molar-refractivity contribution in [1.82, 2.24) is 5.16 Å². The number of aryl methyl sites for hydroxylation is 1.